The van der Waals surface area contributed by atoms with Gasteiger partial charge in [-0.15, -0.1) is 0 Å². The summed E-state index contributed by atoms with van der Waals surface area (Å²) in [4.78, 5) is 19.5. The molecule has 0 radical (unpaired) electrons. The number of carbonyl (C=O) groups excluding carboxylic acids is 1. The molecule has 0 N–H and O–H groups in total. The van der Waals surface area contributed by atoms with Crippen LogP contribution in [0.5, 0.6) is 0 Å². The Balaban J connectivity index is 1.34. The first kappa shape index (κ1) is 21.7. The minimum atomic E-state index is -0.102. The summed E-state index contributed by atoms with van der Waals surface area (Å²) in [5.41, 5.74) is 4.85. The zero-order valence-corrected chi connectivity index (χ0v) is 19.4. The van der Waals surface area contributed by atoms with E-state index in [-0.39, 0.29) is 6.04 Å². The highest BCUT2D eigenvalue weighted by Crippen LogP contribution is 2.33. The van der Waals surface area contributed by atoms with Crippen molar-refractivity contribution in [1.82, 2.24) is 14.7 Å². The minimum absolute atomic E-state index is 0.102. The molecule has 0 bridgehead atoms. The van der Waals surface area contributed by atoms with Crippen molar-refractivity contribution in [3.05, 3.63) is 72.6 Å². The van der Waals surface area contributed by atoms with E-state index in [0.29, 0.717) is 5.92 Å². The van der Waals surface area contributed by atoms with E-state index in [1.54, 1.807) is 6.20 Å². The van der Waals surface area contributed by atoms with Gasteiger partial charge in [0.2, 0.25) is 0 Å². The highest BCUT2D eigenvalue weighted by Gasteiger charge is 2.32. The summed E-state index contributed by atoms with van der Waals surface area (Å²) in [7, 11) is 2.19. The lowest BCUT2D eigenvalue weighted by Crippen LogP contribution is -2.47. The molecule has 3 heterocycles. The second kappa shape index (κ2) is 9.79. The van der Waals surface area contributed by atoms with Gasteiger partial charge in [0.05, 0.1) is 11.7 Å². The van der Waals surface area contributed by atoms with Gasteiger partial charge >= 0.3 is 0 Å². The van der Waals surface area contributed by atoms with Gasteiger partial charge in [0.25, 0.3) is 0 Å². The number of rotatable bonds is 6. The topological polar surface area (TPSA) is 44.6 Å². The third kappa shape index (κ3) is 4.67. The van der Waals surface area contributed by atoms with E-state index < -0.39 is 0 Å². The zero-order valence-electron chi connectivity index (χ0n) is 19.4. The number of piperazine rings is 1. The molecule has 2 atom stereocenters. The van der Waals surface area contributed by atoms with Gasteiger partial charge in [0.1, 0.15) is 6.29 Å². The van der Waals surface area contributed by atoms with Crippen LogP contribution in [0.25, 0.3) is 5.69 Å². The molecule has 2 aliphatic rings. The Morgan fingerprint density at radius 2 is 1.70 bits per heavy atom. The molecule has 2 aromatic carbocycles. The molecule has 5 rings (SSSR count). The fourth-order valence-corrected chi connectivity index (χ4v) is 5.35. The lowest BCUT2D eigenvalue weighted by Gasteiger charge is -2.41. The smallest absolute Gasteiger partial charge is 0.142 e. The zero-order chi connectivity index (χ0) is 22.6. The molecule has 0 spiro atoms. The SMILES string of the molecule is CN1CCN(c2ccccc2CC2CCCN(c3ccc(-n4cccn4)cc3)C2C=O)CC1. The molecule has 6 nitrogen and oxygen atoms in total. The first-order valence-electron chi connectivity index (χ1n) is 12.1. The van der Waals surface area contributed by atoms with Crippen LogP contribution in [0.15, 0.2) is 67.0 Å². The van der Waals surface area contributed by atoms with E-state index in [9.17, 15) is 4.79 Å². The summed E-state index contributed by atoms with van der Waals surface area (Å²) in [6.45, 7) is 5.23. The molecule has 0 aliphatic carbocycles. The fourth-order valence-electron chi connectivity index (χ4n) is 5.35. The van der Waals surface area contributed by atoms with Crippen LogP contribution in [0.1, 0.15) is 18.4 Å². The monoisotopic (exact) mass is 443 g/mol. The number of para-hydroxylation sites is 1. The summed E-state index contributed by atoms with van der Waals surface area (Å²) in [5, 5.41) is 4.31. The first-order chi connectivity index (χ1) is 16.2. The lowest BCUT2D eigenvalue weighted by molar-refractivity contribution is -0.110. The van der Waals surface area contributed by atoms with Crippen molar-refractivity contribution in [3.8, 4) is 5.69 Å². The Kier molecular flexibility index (Phi) is 6.44. The Labute approximate surface area is 196 Å². The highest BCUT2D eigenvalue weighted by atomic mass is 16.1. The van der Waals surface area contributed by atoms with E-state index in [2.05, 4.69) is 75.4 Å². The van der Waals surface area contributed by atoms with Gasteiger partial charge in [0, 0.05) is 56.5 Å². The summed E-state index contributed by atoms with van der Waals surface area (Å²) in [6, 6.07) is 19.0. The van der Waals surface area contributed by atoms with Gasteiger partial charge in [-0.25, -0.2) is 4.68 Å². The quantitative estimate of drug-likeness (QED) is 0.544. The van der Waals surface area contributed by atoms with Crippen molar-refractivity contribution in [2.45, 2.75) is 25.3 Å². The van der Waals surface area contributed by atoms with Crippen molar-refractivity contribution >= 4 is 17.7 Å². The maximum atomic E-state index is 12.3. The number of anilines is 2. The van der Waals surface area contributed by atoms with Crippen LogP contribution >= 0.6 is 0 Å². The van der Waals surface area contributed by atoms with Crippen LogP contribution in [0.2, 0.25) is 0 Å². The number of piperidine rings is 1. The molecule has 0 saturated carbocycles. The Morgan fingerprint density at radius 1 is 0.939 bits per heavy atom. The molecule has 1 aromatic heterocycles. The van der Waals surface area contributed by atoms with Crippen molar-refractivity contribution < 1.29 is 4.79 Å². The Morgan fingerprint density at radius 3 is 2.42 bits per heavy atom. The number of aromatic nitrogens is 2. The third-order valence-electron chi connectivity index (χ3n) is 7.22. The standard InChI is InChI=1S/C27H33N5O/c1-29-16-18-30(19-17-29)26-8-3-2-6-22(26)20-23-7-4-14-31(27(23)21-33)24-9-11-25(12-10-24)32-15-5-13-28-32/h2-3,5-6,8-13,15,21,23,27H,4,7,14,16-20H2,1H3. The fraction of sp³-hybridized carbons (Fsp3) is 0.407. The van der Waals surface area contributed by atoms with E-state index in [4.69, 9.17) is 0 Å². The van der Waals surface area contributed by atoms with Gasteiger partial charge in [-0.1, -0.05) is 18.2 Å². The lowest BCUT2D eigenvalue weighted by atomic mass is 9.84. The summed E-state index contributed by atoms with van der Waals surface area (Å²) in [5.74, 6) is 0.315. The number of hydrogen-bond acceptors (Lipinski definition) is 5. The van der Waals surface area contributed by atoms with Crippen LogP contribution in [0.4, 0.5) is 11.4 Å². The maximum Gasteiger partial charge on any atom is 0.142 e. The summed E-state index contributed by atoms with van der Waals surface area (Å²) in [6.07, 6.45) is 8.02. The van der Waals surface area contributed by atoms with E-state index >= 15 is 0 Å². The maximum absolute atomic E-state index is 12.3. The van der Waals surface area contributed by atoms with Gasteiger partial charge < -0.3 is 19.5 Å². The third-order valence-corrected chi connectivity index (χ3v) is 7.22. The number of likely N-dealkylation sites (N-methyl/N-ethyl adjacent to an activating group) is 1. The average molecular weight is 444 g/mol. The molecule has 0 amide bonds. The molecule has 2 saturated heterocycles. The average Bonchev–Trinajstić information content (AvgIpc) is 3.40. The minimum Gasteiger partial charge on any atom is -0.369 e. The number of benzene rings is 2. The van der Waals surface area contributed by atoms with Crippen LogP contribution in [-0.4, -0.2) is 66.8 Å². The molecule has 3 aromatic rings. The molecule has 2 fully saturated rings. The predicted octanol–water partition coefficient (Wildman–Crippen LogP) is 3.65. The molecule has 2 unspecified atom stereocenters. The number of carbonyl (C=O) groups is 1. The Bertz CT molecular complexity index is 1040. The van der Waals surface area contributed by atoms with Crippen LogP contribution in [0, 0.1) is 5.92 Å². The van der Waals surface area contributed by atoms with Crippen LogP contribution < -0.4 is 9.80 Å². The Hall–Kier alpha value is -3.12. The van der Waals surface area contributed by atoms with Gasteiger partial charge in [-0.05, 0) is 74.2 Å². The number of aldehydes is 1. The van der Waals surface area contributed by atoms with Crippen molar-refractivity contribution in [1.29, 1.82) is 0 Å². The second-order valence-corrected chi connectivity index (χ2v) is 9.31. The number of hydrogen-bond donors (Lipinski definition) is 0. The number of nitrogens with zero attached hydrogens (tertiary/aromatic N) is 5. The summed E-state index contributed by atoms with van der Waals surface area (Å²) >= 11 is 0. The van der Waals surface area contributed by atoms with Crippen molar-refractivity contribution in [2.75, 3.05) is 49.6 Å². The van der Waals surface area contributed by atoms with Crippen molar-refractivity contribution in [3.63, 3.8) is 0 Å². The normalized spacial score (nSPS) is 21.8. The second-order valence-electron chi connectivity index (χ2n) is 9.31. The van der Waals surface area contributed by atoms with Crippen LogP contribution in [-0.2, 0) is 11.2 Å². The van der Waals surface area contributed by atoms with E-state index in [1.165, 1.54) is 17.5 Å². The molecular formula is C27H33N5O. The largest absolute Gasteiger partial charge is 0.369 e. The highest BCUT2D eigenvalue weighted by molar-refractivity contribution is 5.68. The molecule has 6 heteroatoms. The molecular weight excluding hydrogens is 410 g/mol. The molecule has 2 aliphatic heterocycles. The van der Waals surface area contributed by atoms with Crippen LogP contribution in [0.3, 0.4) is 0 Å². The van der Waals surface area contributed by atoms with Gasteiger partial charge in [-0.2, -0.15) is 5.10 Å². The van der Waals surface area contributed by atoms with E-state index in [0.717, 1.165) is 63.4 Å². The van der Waals surface area contributed by atoms with Gasteiger partial charge in [-0.3, -0.25) is 0 Å². The van der Waals surface area contributed by atoms with E-state index in [1.807, 2.05) is 16.9 Å². The molecule has 172 valence electrons. The first-order valence-corrected chi connectivity index (χ1v) is 12.1. The predicted molar refractivity (Wildman–Crippen MR) is 133 cm³/mol. The summed E-state index contributed by atoms with van der Waals surface area (Å²) < 4.78 is 1.86. The van der Waals surface area contributed by atoms with Gasteiger partial charge in [0.15, 0.2) is 0 Å². The molecule has 33 heavy (non-hydrogen) atoms. The van der Waals surface area contributed by atoms with Crippen molar-refractivity contribution in [2.24, 2.45) is 5.92 Å².